The summed E-state index contributed by atoms with van der Waals surface area (Å²) in [6, 6.07) is 7.95. The normalized spacial score (nSPS) is 15.7. The highest BCUT2D eigenvalue weighted by Gasteiger charge is 2.25. The van der Waals surface area contributed by atoms with Gasteiger partial charge in [-0.15, -0.1) is 0 Å². The summed E-state index contributed by atoms with van der Waals surface area (Å²) >= 11 is 0. The monoisotopic (exact) mass is 399 g/mol. The van der Waals surface area contributed by atoms with Gasteiger partial charge in [0.15, 0.2) is 5.78 Å². The lowest BCUT2D eigenvalue weighted by Gasteiger charge is -2.35. The number of amides is 1. The van der Waals surface area contributed by atoms with Crippen LogP contribution in [0.3, 0.4) is 0 Å². The number of carbonyl (C=O) groups is 2. The molecule has 0 saturated carbocycles. The number of H-pyrrole nitrogens is 1. The minimum absolute atomic E-state index is 0.0254. The van der Waals surface area contributed by atoms with Gasteiger partial charge in [-0.1, -0.05) is 12.1 Å². The second-order valence-electron chi connectivity index (χ2n) is 7.33. The number of hydrogen-bond acceptors (Lipinski definition) is 5. The van der Waals surface area contributed by atoms with Crippen molar-refractivity contribution in [3.63, 3.8) is 0 Å². The number of aryl methyl sites for hydroxylation is 1. The van der Waals surface area contributed by atoms with Crippen LogP contribution in [0.2, 0.25) is 0 Å². The maximum atomic E-state index is 12.9. The SMILES string of the molecule is COc1ccc([C@@H](CNC(=O)c2[nH]c(C)c(C(C)=O)c2C)N2CCOCC2)cc1. The fraction of sp³-hybridized carbons (Fsp3) is 0.455. The molecule has 7 nitrogen and oxygen atoms in total. The van der Waals surface area contributed by atoms with Crippen LogP contribution in [0.15, 0.2) is 24.3 Å². The molecule has 3 rings (SSSR count). The Balaban J connectivity index is 1.78. The molecule has 1 aliphatic heterocycles. The molecular formula is C22H29N3O4. The molecule has 1 aromatic carbocycles. The topological polar surface area (TPSA) is 83.7 Å². The number of carbonyl (C=O) groups excluding carboxylic acids is 2. The summed E-state index contributed by atoms with van der Waals surface area (Å²) in [6.45, 7) is 8.56. The fourth-order valence-corrected chi connectivity index (χ4v) is 3.96. The lowest BCUT2D eigenvalue weighted by Crippen LogP contribution is -2.44. The number of aromatic amines is 1. The molecule has 1 amide bonds. The van der Waals surface area contributed by atoms with E-state index in [1.54, 1.807) is 14.0 Å². The molecule has 0 spiro atoms. The molecule has 1 aromatic heterocycles. The maximum Gasteiger partial charge on any atom is 0.268 e. The van der Waals surface area contributed by atoms with Crippen molar-refractivity contribution >= 4 is 11.7 Å². The van der Waals surface area contributed by atoms with E-state index in [1.807, 2.05) is 31.2 Å². The first kappa shape index (κ1) is 21.1. The molecule has 7 heteroatoms. The number of ketones is 1. The van der Waals surface area contributed by atoms with Crippen molar-refractivity contribution in [2.45, 2.75) is 26.8 Å². The van der Waals surface area contributed by atoms with Crippen molar-refractivity contribution in [1.82, 2.24) is 15.2 Å². The van der Waals surface area contributed by atoms with Gasteiger partial charge in [0.2, 0.25) is 0 Å². The summed E-state index contributed by atoms with van der Waals surface area (Å²) in [5.41, 5.74) is 3.56. The van der Waals surface area contributed by atoms with Crippen molar-refractivity contribution in [3.8, 4) is 5.75 Å². The predicted molar refractivity (Wildman–Crippen MR) is 111 cm³/mol. The average molecular weight is 399 g/mol. The molecule has 0 bridgehead atoms. The Labute approximate surface area is 171 Å². The quantitative estimate of drug-likeness (QED) is 0.700. The molecule has 2 aromatic rings. The summed E-state index contributed by atoms with van der Waals surface area (Å²) in [6.07, 6.45) is 0. The van der Waals surface area contributed by atoms with Gasteiger partial charge in [0.05, 0.1) is 26.4 Å². The number of rotatable bonds is 7. The van der Waals surface area contributed by atoms with Crippen LogP contribution in [0, 0.1) is 13.8 Å². The molecule has 29 heavy (non-hydrogen) atoms. The lowest BCUT2D eigenvalue weighted by atomic mass is 10.0. The first-order chi connectivity index (χ1) is 13.9. The molecule has 1 fully saturated rings. The molecule has 0 aliphatic carbocycles. The third kappa shape index (κ3) is 4.68. The molecule has 2 heterocycles. The zero-order valence-corrected chi connectivity index (χ0v) is 17.5. The van der Waals surface area contributed by atoms with Crippen LogP contribution in [0.25, 0.3) is 0 Å². The van der Waals surface area contributed by atoms with Crippen molar-refractivity contribution in [2.75, 3.05) is 40.0 Å². The second-order valence-corrected chi connectivity index (χ2v) is 7.33. The van der Waals surface area contributed by atoms with Crippen LogP contribution in [0.1, 0.15) is 50.6 Å². The molecule has 2 N–H and O–H groups in total. The Hall–Kier alpha value is -2.64. The van der Waals surface area contributed by atoms with Crippen molar-refractivity contribution in [3.05, 3.63) is 52.3 Å². The Morgan fingerprint density at radius 1 is 1.21 bits per heavy atom. The van der Waals surface area contributed by atoms with E-state index in [9.17, 15) is 9.59 Å². The van der Waals surface area contributed by atoms with E-state index in [1.165, 1.54) is 6.92 Å². The Morgan fingerprint density at radius 3 is 2.41 bits per heavy atom. The van der Waals surface area contributed by atoms with Crippen LogP contribution in [0.5, 0.6) is 5.75 Å². The van der Waals surface area contributed by atoms with E-state index in [0.717, 1.165) is 30.1 Å². The number of nitrogens with zero attached hydrogens (tertiary/aromatic N) is 1. The molecule has 1 saturated heterocycles. The van der Waals surface area contributed by atoms with E-state index in [4.69, 9.17) is 9.47 Å². The Bertz CT molecular complexity index is 867. The van der Waals surface area contributed by atoms with Gasteiger partial charge in [0.25, 0.3) is 5.91 Å². The fourth-order valence-electron chi connectivity index (χ4n) is 3.96. The first-order valence-electron chi connectivity index (χ1n) is 9.86. The number of aromatic nitrogens is 1. The highest BCUT2D eigenvalue weighted by Crippen LogP contribution is 2.24. The third-order valence-corrected chi connectivity index (χ3v) is 5.46. The number of nitrogens with one attached hydrogen (secondary N) is 2. The van der Waals surface area contributed by atoms with Gasteiger partial charge in [-0.3, -0.25) is 14.5 Å². The number of methoxy groups -OCH3 is 1. The van der Waals surface area contributed by atoms with E-state index in [2.05, 4.69) is 15.2 Å². The van der Waals surface area contributed by atoms with Crippen molar-refractivity contribution in [2.24, 2.45) is 0 Å². The van der Waals surface area contributed by atoms with E-state index >= 15 is 0 Å². The predicted octanol–water partition coefficient (Wildman–Crippen LogP) is 2.65. The Morgan fingerprint density at radius 2 is 1.86 bits per heavy atom. The van der Waals surface area contributed by atoms with E-state index in [-0.39, 0.29) is 17.7 Å². The van der Waals surface area contributed by atoms with Crippen molar-refractivity contribution in [1.29, 1.82) is 0 Å². The molecule has 1 atom stereocenters. The van der Waals surface area contributed by atoms with Gasteiger partial charge in [0.1, 0.15) is 11.4 Å². The number of ether oxygens (including phenoxy) is 2. The van der Waals surface area contributed by atoms with Gasteiger partial charge in [-0.2, -0.15) is 0 Å². The lowest BCUT2D eigenvalue weighted by molar-refractivity contribution is 0.0162. The summed E-state index contributed by atoms with van der Waals surface area (Å²) in [7, 11) is 1.64. The van der Waals surface area contributed by atoms with Crippen LogP contribution in [0.4, 0.5) is 0 Å². The highest BCUT2D eigenvalue weighted by atomic mass is 16.5. The van der Waals surface area contributed by atoms with Gasteiger partial charge < -0.3 is 19.8 Å². The molecule has 1 aliphatic rings. The van der Waals surface area contributed by atoms with Gasteiger partial charge in [0, 0.05) is 30.9 Å². The summed E-state index contributed by atoms with van der Waals surface area (Å²) in [5.74, 6) is 0.553. The van der Waals surface area contributed by atoms with Crippen LogP contribution in [-0.2, 0) is 4.74 Å². The summed E-state index contributed by atoms with van der Waals surface area (Å²) in [5, 5.41) is 3.05. The highest BCUT2D eigenvalue weighted by molar-refractivity contribution is 6.02. The van der Waals surface area contributed by atoms with Crippen LogP contribution >= 0.6 is 0 Å². The molecule has 0 radical (unpaired) electrons. The van der Waals surface area contributed by atoms with E-state index < -0.39 is 0 Å². The minimum Gasteiger partial charge on any atom is -0.497 e. The maximum absolute atomic E-state index is 12.9. The summed E-state index contributed by atoms with van der Waals surface area (Å²) in [4.78, 5) is 30.1. The largest absolute Gasteiger partial charge is 0.497 e. The molecule has 0 unspecified atom stereocenters. The third-order valence-electron chi connectivity index (χ3n) is 5.46. The zero-order valence-electron chi connectivity index (χ0n) is 17.5. The van der Waals surface area contributed by atoms with Gasteiger partial charge >= 0.3 is 0 Å². The van der Waals surface area contributed by atoms with Crippen molar-refractivity contribution < 1.29 is 19.1 Å². The smallest absolute Gasteiger partial charge is 0.268 e. The second kappa shape index (κ2) is 9.24. The number of benzene rings is 1. The van der Waals surface area contributed by atoms with Gasteiger partial charge in [-0.05, 0) is 44.0 Å². The summed E-state index contributed by atoms with van der Waals surface area (Å²) < 4.78 is 10.7. The number of hydrogen-bond donors (Lipinski definition) is 2. The average Bonchev–Trinajstić information content (AvgIpc) is 3.03. The van der Waals surface area contributed by atoms with E-state index in [0.29, 0.717) is 36.6 Å². The molecular weight excluding hydrogens is 370 g/mol. The van der Waals surface area contributed by atoms with Crippen LogP contribution in [-0.4, -0.2) is 61.5 Å². The zero-order chi connectivity index (χ0) is 21.0. The standard InChI is InChI=1S/C22H29N3O4/c1-14-20(16(3)26)15(2)24-21(14)22(27)23-13-19(25-9-11-29-12-10-25)17-5-7-18(28-4)8-6-17/h5-8,19,24H,9-13H2,1-4H3,(H,23,27)/t19-/m1/s1. The van der Waals surface area contributed by atoms with Crippen LogP contribution < -0.4 is 10.1 Å². The molecule has 156 valence electrons. The first-order valence-corrected chi connectivity index (χ1v) is 9.86. The van der Waals surface area contributed by atoms with Gasteiger partial charge in [-0.25, -0.2) is 0 Å². The minimum atomic E-state index is -0.204. The number of Topliss-reactive ketones (excluding diaryl/α,β-unsaturated/α-hetero) is 1. The Kier molecular flexibility index (Phi) is 6.71. The number of morpholine rings is 1.